The molecule has 2 rings (SSSR count). The molecule has 2 aromatic carbocycles. The van der Waals surface area contributed by atoms with E-state index < -0.39 is 23.6 Å². The lowest BCUT2D eigenvalue weighted by Crippen LogP contribution is -2.21. The zero-order valence-corrected chi connectivity index (χ0v) is 16.8. The number of carbonyl (C=O) groups excluding carboxylic acids is 1. The van der Waals surface area contributed by atoms with E-state index in [9.17, 15) is 9.18 Å². The van der Waals surface area contributed by atoms with Crippen LogP contribution in [0.15, 0.2) is 12.1 Å². The minimum atomic E-state index is -1.12. The van der Waals surface area contributed by atoms with Crippen molar-refractivity contribution < 1.29 is 18.3 Å². The molecule has 0 saturated heterocycles. The first-order valence-electron chi connectivity index (χ1n) is 9.07. The molecule has 2 N–H and O–H groups in total. The third kappa shape index (κ3) is 4.03. The molecule has 0 aliphatic carbocycles. The Labute approximate surface area is 159 Å². The topological polar surface area (TPSA) is 52.3 Å². The van der Waals surface area contributed by atoms with Gasteiger partial charge in [0.2, 0.25) is 0 Å². The minimum Gasteiger partial charge on any atom is -0.466 e. The van der Waals surface area contributed by atoms with Crippen LogP contribution in [0.2, 0.25) is 0 Å². The smallest absolute Gasteiger partial charge is 0.307 e. The van der Waals surface area contributed by atoms with E-state index in [-0.39, 0.29) is 18.6 Å². The lowest BCUT2D eigenvalue weighted by atomic mass is 9.86. The summed E-state index contributed by atoms with van der Waals surface area (Å²) >= 11 is 0. The van der Waals surface area contributed by atoms with E-state index in [1.54, 1.807) is 13.8 Å². The quantitative estimate of drug-likeness (QED) is 0.738. The molecule has 0 spiro atoms. The van der Waals surface area contributed by atoms with Gasteiger partial charge in [0.05, 0.1) is 13.0 Å². The number of hydrogen-bond donors (Lipinski definition) is 1. The van der Waals surface area contributed by atoms with Crippen molar-refractivity contribution in [2.45, 2.75) is 54.0 Å². The van der Waals surface area contributed by atoms with E-state index in [4.69, 9.17) is 10.5 Å². The lowest BCUT2D eigenvalue weighted by molar-refractivity contribution is -0.143. The Kier molecular flexibility index (Phi) is 6.37. The van der Waals surface area contributed by atoms with Gasteiger partial charge in [-0.1, -0.05) is 6.07 Å². The van der Waals surface area contributed by atoms with Crippen LogP contribution in [-0.2, 0) is 9.53 Å². The van der Waals surface area contributed by atoms with Gasteiger partial charge in [0.1, 0.15) is 11.6 Å². The number of carbonyl (C=O) groups is 1. The number of esters is 1. The molecule has 146 valence electrons. The second-order valence-electron chi connectivity index (χ2n) is 7.03. The monoisotopic (exact) mass is 375 g/mol. The minimum absolute atomic E-state index is 0.191. The number of hydrogen-bond acceptors (Lipinski definition) is 3. The van der Waals surface area contributed by atoms with Crippen molar-refractivity contribution in [2.24, 2.45) is 5.73 Å². The van der Waals surface area contributed by atoms with Gasteiger partial charge in [0.15, 0.2) is 0 Å². The number of rotatable bonds is 5. The second kappa shape index (κ2) is 8.17. The van der Waals surface area contributed by atoms with Gasteiger partial charge in [-0.05, 0) is 81.0 Å². The summed E-state index contributed by atoms with van der Waals surface area (Å²) in [5.74, 6) is -2.01. The standard InChI is InChI=1S/C22H27F2NO2/c1-7-27-18(26)10-17(25)20-21(23)13(4)9-16(22(20)24)19-14(5)11(2)8-12(3)15(19)6/h8-9,17H,7,10,25H2,1-6H3/t17-/m0/s1. The number of nitrogens with two attached hydrogens (primary N) is 1. The summed E-state index contributed by atoms with van der Waals surface area (Å²) in [6, 6.07) is 2.45. The van der Waals surface area contributed by atoms with Crippen LogP contribution in [0.25, 0.3) is 11.1 Å². The molecule has 0 saturated carbocycles. The zero-order valence-electron chi connectivity index (χ0n) is 16.8. The van der Waals surface area contributed by atoms with Crippen molar-refractivity contribution in [1.29, 1.82) is 0 Å². The first-order chi connectivity index (χ1) is 12.6. The van der Waals surface area contributed by atoms with Gasteiger partial charge in [-0.25, -0.2) is 8.78 Å². The van der Waals surface area contributed by atoms with Crippen molar-refractivity contribution in [3.05, 3.63) is 57.1 Å². The fraction of sp³-hybridized carbons (Fsp3) is 0.409. The van der Waals surface area contributed by atoms with E-state index in [1.165, 1.54) is 6.07 Å². The summed E-state index contributed by atoms with van der Waals surface area (Å²) in [6.07, 6.45) is -0.282. The normalized spacial score (nSPS) is 12.2. The van der Waals surface area contributed by atoms with Crippen molar-refractivity contribution in [3.8, 4) is 11.1 Å². The molecule has 0 amide bonds. The summed E-state index contributed by atoms with van der Waals surface area (Å²) in [5, 5.41) is 0. The molecule has 0 fully saturated rings. The lowest BCUT2D eigenvalue weighted by Gasteiger charge is -2.21. The van der Waals surface area contributed by atoms with Crippen LogP contribution in [0.4, 0.5) is 8.78 Å². The van der Waals surface area contributed by atoms with Gasteiger partial charge < -0.3 is 10.5 Å². The highest BCUT2D eigenvalue weighted by atomic mass is 19.1. The molecule has 0 bridgehead atoms. The van der Waals surface area contributed by atoms with Crippen LogP contribution in [-0.4, -0.2) is 12.6 Å². The molecule has 0 unspecified atom stereocenters. The van der Waals surface area contributed by atoms with E-state index in [2.05, 4.69) is 6.07 Å². The van der Waals surface area contributed by atoms with Crippen LogP contribution in [0.3, 0.4) is 0 Å². The maximum atomic E-state index is 15.4. The van der Waals surface area contributed by atoms with Crippen LogP contribution in [0.1, 0.15) is 52.8 Å². The highest BCUT2D eigenvalue weighted by molar-refractivity contribution is 5.76. The molecule has 0 aliphatic rings. The summed E-state index contributed by atoms with van der Waals surface area (Å²) in [5.41, 5.74) is 11.0. The van der Waals surface area contributed by atoms with Crippen molar-refractivity contribution in [2.75, 3.05) is 6.61 Å². The molecular formula is C22H27F2NO2. The molecule has 5 heteroatoms. The van der Waals surface area contributed by atoms with Gasteiger partial charge in [-0.2, -0.15) is 0 Å². The molecular weight excluding hydrogens is 348 g/mol. The number of aryl methyl sites for hydroxylation is 3. The van der Waals surface area contributed by atoms with Crippen molar-refractivity contribution >= 4 is 5.97 Å². The van der Waals surface area contributed by atoms with Gasteiger partial charge in [-0.3, -0.25) is 4.79 Å². The van der Waals surface area contributed by atoms with Gasteiger partial charge in [0, 0.05) is 17.2 Å². The first-order valence-corrected chi connectivity index (χ1v) is 9.07. The van der Waals surface area contributed by atoms with Gasteiger partial charge >= 0.3 is 5.97 Å². The van der Waals surface area contributed by atoms with Gasteiger partial charge in [0.25, 0.3) is 0 Å². The third-order valence-corrected chi connectivity index (χ3v) is 5.11. The fourth-order valence-electron chi connectivity index (χ4n) is 3.43. The SMILES string of the molecule is CCOC(=O)C[C@H](N)c1c(F)c(C)cc(-c2c(C)c(C)cc(C)c2C)c1F. The predicted molar refractivity (Wildman–Crippen MR) is 104 cm³/mol. The fourth-order valence-corrected chi connectivity index (χ4v) is 3.43. The number of halogens is 2. The molecule has 0 heterocycles. The van der Waals surface area contributed by atoms with E-state index in [1.807, 2.05) is 27.7 Å². The number of ether oxygens (including phenoxy) is 1. The van der Waals surface area contributed by atoms with E-state index in [0.29, 0.717) is 11.1 Å². The summed E-state index contributed by atoms with van der Waals surface area (Å²) < 4.78 is 35.0. The summed E-state index contributed by atoms with van der Waals surface area (Å²) in [6.45, 7) is 11.2. The third-order valence-electron chi connectivity index (χ3n) is 5.11. The van der Waals surface area contributed by atoms with Crippen LogP contribution < -0.4 is 5.73 Å². The maximum Gasteiger partial charge on any atom is 0.307 e. The van der Waals surface area contributed by atoms with Crippen LogP contribution in [0, 0.1) is 46.3 Å². The average molecular weight is 375 g/mol. The Hall–Kier alpha value is -2.27. The number of benzene rings is 2. The van der Waals surface area contributed by atoms with Crippen molar-refractivity contribution in [1.82, 2.24) is 0 Å². The molecule has 27 heavy (non-hydrogen) atoms. The second-order valence-corrected chi connectivity index (χ2v) is 7.03. The zero-order chi connectivity index (χ0) is 20.5. The predicted octanol–water partition coefficient (Wildman–Crippen LogP) is 5.13. The Morgan fingerprint density at radius 2 is 1.56 bits per heavy atom. The first kappa shape index (κ1) is 21.0. The maximum absolute atomic E-state index is 15.4. The Bertz CT molecular complexity index is 865. The average Bonchev–Trinajstić information content (AvgIpc) is 2.58. The van der Waals surface area contributed by atoms with E-state index >= 15 is 4.39 Å². The molecule has 2 aromatic rings. The highest BCUT2D eigenvalue weighted by Gasteiger charge is 2.26. The Morgan fingerprint density at radius 3 is 2.07 bits per heavy atom. The molecule has 0 aromatic heterocycles. The summed E-state index contributed by atoms with van der Waals surface area (Å²) in [4.78, 5) is 11.7. The molecule has 0 radical (unpaired) electrons. The Morgan fingerprint density at radius 1 is 1.00 bits per heavy atom. The van der Waals surface area contributed by atoms with Gasteiger partial charge in [-0.15, -0.1) is 0 Å². The van der Waals surface area contributed by atoms with Crippen LogP contribution >= 0.6 is 0 Å². The Balaban J connectivity index is 2.69. The largest absolute Gasteiger partial charge is 0.466 e. The van der Waals surface area contributed by atoms with Crippen LogP contribution in [0.5, 0.6) is 0 Å². The van der Waals surface area contributed by atoms with E-state index in [0.717, 1.165) is 27.8 Å². The molecule has 3 nitrogen and oxygen atoms in total. The summed E-state index contributed by atoms with van der Waals surface area (Å²) in [7, 11) is 0. The highest BCUT2D eigenvalue weighted by Crippen LogP contribution is 2.37. The molecule has 0 aliphatic heterocycles. The molecule has 1 atom stereocenters. The van der Waals surface area contributed by atoms with Crippen molar-refractivity contribution in [3.63, 3.8) is 0 Å².